The largest absolute Gasteiger partial charge is 0.481 e. The first-order valence-electron chi connectivity index (χ1n) is 16.1. The molecule has 0 saturated carbocycles. The van der Waals surface area contributed by atoms with Crippen molar-refractivity contribution in [3.05, 3.63) is 91.9 Å². The molecule has 2 N–H and O–H groups in total. The van der Waals surface area contributed by atoms with Gasteiger partial charge in [-0.1, -0.05) is 13.8 Å². The van der Waals surface area contributed by atoms with Gasteiger partial charge in [0.15, 0.2) is 0 Å². The normalized spacial score (nSPS) is 15.3. The van der Waals surface area contributed by atoms with Crippen molar-refractivity contribution in [2.45, 2.75) is 78.2 Å². The van der Waals surface area contributed by atoms with Crippen LogP contribution in [0.5, 0.6) is 0 Å². The molecule has 8 nitrogen and oxygen atoms in total. The summed E-state index contributed by atoms with van der Waals surface area (Å²) >= 11 is 0. The van der Waals surface area contributed by atoms with Crippen LogP contribution in [0.4, 0.5) is 22.0 Å². The standard InChI is InChI=1S/C36H42F5N3O5/c1-19(2)9-30(44-16-23(7-8-43-17-26(18-43)49-6)28(14-31(44)45)36(39,40)41)35(48)42-29(15-32(46)47)27-13-24(10-22(5)34(27)38)33-20(3)11-25(37)12-21(33)4/h10-14,16,19,26,29-30H,7-9,15,17-18H2,1-6H3,(H,42,48)(H,46,47)/t29-,30?/m0/s1. The van der Waals surface area contributed by atoms with Gasteiger partial charge in [0, 0.05) is 44.6 Å². The number of hydrogen-bond acceptors (Lipinski definition) is 5. The molecule has 0 spiro atoms. The molecule has 1 aliphatic heterocycles. The summed E-state index contributed by atoms with van der Waals surface area (Å²) in [4.78, 5) is 41.2. The minimum Gasteiger partial charge on any atom is -0.481 e. The lowest BCUT2D eigenvalue weighted by Gasteiger charge is -2.38. The molecule has 3 aromatic rings. The molecule has 1 aliphatic rings. The Kier molecular flexibility index (Phi) is 11.7. The molecule has 0 aliphatic carbocycles. The van der Waals surface area contributed by atoms with Crippen molar-refractivity contribution in [3.63, 3.8) is 0 Å². The fourth-order valence-electron chi connectivity index (χ4n) is 6.47. The molecular formula is C36H42F5N3O5. The molecule has 1 unspecified atom stereocenters. The third kappa shape index (κ3) is 8.93. The highest BCUT2D eigenvalue weighted by atomic mass is 19.4. The monoisotopic (exact) mass is 691 g/mol. The molecule has 1 saturated heterocycles. The first-order chi connectivity index (χ1) is 22.9. The lowest BCUT2D eigenvalue weighted by atomic mass is 9.90. The van der Waals surface area contributed by atoms with E-state index in [0.29, 0.717) is 41.4 Å². The summed E-state index contributed by atoms with van der Waals surface area (Å²) in [5.74, 6) is -3.63. The smallest absolute Gasteiger partial charge is 0.416 e. The van der Waals surface area contributed by atoms with Gasteiger partial charge in [-0.15, -0.1) is 0 Å². The molecule has 2 aromatic carbocycles. The molecule has 1 fully saturated rings. The number of pyridine rings is 1. The van der Waals surface area contributed by atoms with E-state index in [1.54, 1.807) is 40.9 Å². The molecule has 1 aromatic heterocycles. The van der Waals surface area contributed by atoms with Crippen molar-refractivity contribution in [2.24, 2.45) is 5.92 Å². The van der Waals surface area contributed by atoms with E-state index < -0.39 is 59.3 Å². The molecule has 2 heterocycles. The van der Waals surface area contributed by atoms with E-state index in [4.69, 9.17) is 4.74 Å². The maximum atomic E-state index is 15.8. The maximum Gasteiger partial charge on any atom is 0.416 e. The number of carbonyl (C=O) groups excluding carboxylic acids is 1. The minimum absolute atomic E-state index is 0.00744. The Bertz CT molecular complexity index is 1740. The third-order valence-electron chi connectivity index (χ3n) is 8.90. The SMILES string of the molecule is COC1CN(CCc2cn(C(CC(C)C)C(=O)N[C@@H](CC(=O)O)c3cc(-c4c(C)cc(F)cc4C)cc(C)c3F)c(=O)cc2C(F)(F)F)C1. The van der Waals surface area contributed by atoms with Crippen LogP contribution in [0.15, 0.2) is 41.3 Å². The molecule has 2 atom stereocenters. The number of aryl methyl sites for hydroxylation is 3. The van der Waals surface area contributed by atoms with Crippen molar-refractivity contribution in [1.29, 1.82) is 0 Å². The zero-order valence-electron chi connectivity index (χ0n) is 28.4. The maximum absolute atomic E-state index is 15.8. The highest BCUT2D eigenvalue weighted by Gasteiger charge is 2.36. The number of rotatable bonds is 13. The Morgan fingerprint density at radius 1 is 1.02 bits per heavy atom. The number of aromatic nitrogens is 1. The number of benzene rings is 2. The van der Waals surface area contributed by atoms with E-state index in [9.17, 15) is 37.1 Å². The molecule has 13 heteroatoms. The summed E-state index contributed by atoms with van der Waals surface area (Å²) in [6.45, 7) is 9.76. The average Bonchev–Trinajstić information content (AvgIpc) is 2.95. The van der Waals surface area contributed by atoms with Gasteiger partial charge in [-0.2, -0.15) is 13.2 Å². The first-order valence-corrected chi connectivity index (χ1v) is 16.1. The van der Waals surface area contributed by atoms with Crippen LogP contribution < -0.4 is 10.9 Å². The van der Waals surface area contributed by atoms with E-state index in [2.05, 4.69) is 5.32 Å². The third-order valence-corrected chi connectivity index (χ3v) is 8.90. The Balaban J connectivity index is 1.75. The molecule has 266 valence electrons. The number of carboxylic acids is 1. The summed E-state index contributed by atoms with van der Waals surface area (Å²) in [5, 5.41) is 12.4. The first kappa shape index (κ1) is 37.7. The fraction of sp³-hybridized carbons (Fsp3) is 0.472. The van der Waals surface area contributed by atoms with E-state index in [1.807, 2.05) is 4.90 Å². The van der Waals surface area contributed by atoms with Crippen LogP contribution in [-0.4, -0.2) is 59.3 Å². The van der Waals surface area contributed by atoms with Crippen LogP contribution in [0, 0.1) is 38.3 Å². The van der Waals surface area contributed by atoms with E-state index in [0.717, 1.165) is 10.8 Å². The molecule has 1 amide bonds. The highest BCUT2D eigenvalue weighted by molar-refractivity contribution is 5.82. The van der Waals surface area contributed by atoms with Crippen LogP contribution in [0.1, 0.15) is 72.2 Å². The Hall–Kier alpha value is -4.10. The predicted octanol–water partition coefficient (Wildman–Crippen LogP) is 6.53. The average molecular weight is 692 g/mol. The number of hydrogen-bond donors (Lipinski definition) is 2. The quantitative estimate of drug-likeness (QED) is 0.198. The number of carbonyl (C=O) groups is 2. The fourth-order valence-corrected chi connectivity index (χ4v) is 6.47. The van der Waals surface area contributed by atoms with Gasteiger partial charge in [0.1, 0.15) is 17.7 Å². The van der Waals surface area contributed by atoms with Crippen LogP contribution >= 0.6 is 0 Å². The number of nitrogens with one attached hydrogen (secondary N) is 1. The molecule has 0 radical (unpaired) electrons. The predicted molar refractivity (Wildman–Crippen MR) is 174 cm³/mol. The lowest BCUT2D eigenvalue weighted by Crippen LogP contribution is -2.52. The van der Waals surface area contributed by atoms with Gasteiger partial charge in [0.25, 0.3) is 5.56 Å². The number of methoxy groups -OCH3 is 1. The molecule has 4 rings (SSSR count). The van der Waals surface area contributed by atoms with Gasteiger partial charge in [0.2, 0.25) is 5.91 Å². The van der Waals surface area contributed by atoms with Gasteiger partial charge in [0.05, 0.1) is 24.1 Å². The number of aliphatic carboxylic acids is 1. The van der Waals surface area contributed by atoms with Gasteiger partial charge >= 0.3 is 12.1 Å². The van der Waals surface area contributed by atoms with Gasteiger partial charge in [-0.25, -0.2) is 8.78 Å². The van der Waals surface area contributed by atoms with Gasteiger partial charge < -0.3 is 19.7 Å². The van der Waals surface area contributed by atoms with Gasteiger partial charge in [-0.05, 0) is 97.2 Å². The molecular weight excluding hydrogens is 649 g/mol. The minimum atomic E-state index is -4.82. The van der Waals surface area contributed by atoms with Crippen molar-refractivity contribution in [2.75, 3.05) is 26.7 Å². The number of alkyl halides is 3. The summed E-state index contributed by atoms with van der Waals surface area (Å²) in [6, 6.07) is 3.34. The number of amides is 1. The van der Waals surface area contributed by atoms with Crippen molar-refractivity contribution in [3.8, 4) is 11.1 Å². The van der Waals surface area contributed by atoms with Crippen LogP contribution in [0.2, 0.25) is 0 Å². The summed E-state index contributed by atoms with van der Waals surface area (Å²) in [7, 11) is 1.56. The van der Waals surface area contributed by atoms with Gasteiger partial charge in [-0.3, -0.25) is 19.3 Å². The summed E-state index contributed by atoms with van der Waals surface area (Å²) < 4.78 is 78.2. The summed E-state index contributed by atoms with van der Waals surface area (Å²) in [6.07, 6.45) is -4.53. The zero-order valence-corrected chi connectivity index (χ0v) is 28.4. The topological polar surface area (TPSA) is 101 Å². The second-order valence-electron chi connectivity index (χ2n) is 13.2. The molecule has 49 heavy (non-hydrogen) atoms. The van der Waals surface area contributed by atoms with E-state index in [-0.39, 0.29) is 48.1 Å². The van der Waals surface area contributed by atoms with Crippen molar-refractivity contribution >= 4 is 11.9 Å². The second kappa shape index (κ2) is 15.2. The van der Waals surface area contributed by atoms with E-state index in [1.165, 1.54) is 25.1 Å². The van der Waals surface area contributed by atoms with Crippen molar-refractivity contribution < 1.29 is 41.4 Å². The molecule has 0 bridgehead atoms. The Morgan fingerprint density at radius 3 is 2.20 bits per heavy atom. The summed E-state index contributed by atoms with van der Waals surface area (Å²) in [5.41, 5.74) is -0.0735. The second-order valence-corrected chi connectivity index (χ2v) is 13.2. The van der Waals surface area contributed by atoms with E-state index >= 15 is 4.39 Å². The lowest BCUT2D eigenvalue weighted by molar-refractivity contribution is -0.139. The number of ether oxygens (including phenoxy) is 1. The van der Waals surface area contributed by atoms with Crippen LogP contribution in [-0.2, 0) is 26.9 Å². The Morgan fingerprint density at radius 2 is 1.65 bits per heavy atom. The zero-order chi connectivity index (χ0) is 36.4. The van der Waals surface area contributed by atoms with Crippen molar-refractivity contribution in [1.82, 2.24) is 14.8 Å². The number of likely N-dealkylation sites (tertiary alicyclic amines) is 1. The number of carboxylic acid groups (broad SMARTS) is 1. The Labute approximate surface area is 281 Å². The van der Waals surface area contributed by atoms with Crippen LogP contribution in [0.3, 0.4) is 0 Å². The number of halogens is 5. The highest BCUT2D eigenvalue weighted by Crippen LogP contribution is 2.35. The number of nitrogens with zero attached hydrogens (tertiary/aromatic N) is 2. The van der Waals surface area contributed by atoms with Crippen LogP contribution in [0.25, 0.3) is 11.1 Å².